The van der Waals surface area contributed by atoms with E-state index in [2.05, 4.69) is 184 Å². The van der Waals surface area contributed by atoms with E-state index >= 15 is 0 Å². The van der Waals surface area contributed by atoms with E-state index in [0.29, 0.717) is 12.8 Å². The Morgan fingerprint density at radius 3 is 0.833 bits per heavy atom. The summed E-state index contributed by atoms with van der Waals surface area (Å²) >= 11 is 0. The summed E-state index contributed by atoms with van der Waals surface area (Å²) in [6, 6.07) is 0. The summed E-state index contributed by atoms with van der Waals surface area (Å²) in [5, 5.41) is 9.66. The van der Waals surface area contributed by atoms with E-state index in [1.54, 1.807) is 0 Å². The summed E-state index contributed by atoms with van der Waals surface area (Å²) in [7, 11) is 0. The van der Waals surface area contributed by atoms with Crippen molar-refractivity contribution in [3.8, 4) is 0 Å². The van der Waals surface area contributed by atoms with Gasteiger partial charge >= 0.3 is 11.9 Å². The maximum atomic E-state index is 12.3. The zero-order valence-electron chi connectivity index (χ0n) is 45.9. The second-order valence-electron chi connectivity index (χ2n) is 18.2. The molecule has 0 amide bonds. The van der Waals surface area contributed by atoms with Crippen LogP contribution in [0, 0.1) is 0 Å². The molecule has 0 heterocycles. The van der Waals surface area contributed by atoms with Crippen LogP contribution >= 0.6 is 0 Å². The summed E-state index contributed by atoms with van der Waals surface area (Å²) in [5.41, 5.74) is 0. The van der Waals surface area contributed by atoms with Gasteiger partial charge in [-0.1, -0.05) is 248 Å². The molecule has 1 N–H and O–H groups in total. The normalized spacial score (nSPS) is 13.5. The third-order valence-corrected chi connectivity index (χ3v) is 11.5. The number of carbonyl (C=O) groups excluding carboxylic acids is 2. The van der Waals surface area contributed by atoms with Gasteiger partial charge in [-0.15, -0.1) is 0 Å². The molecule has 0 bridgehead atoms. The van der Waals surface area contributed by atoms with E-state index in [1.807, 2.05) is 0 Å². The number of aliphatic hydroxyl groups excluding tert-OH is 1. The molecule has 1 unspecified atom stereocenters. The maximum absolute atomic E-state index is 12.3. The molecule has 0 aliphatic carbocycles. The molecular weight excluding hydrogens is 885 g/mol. The third kappa shape index (κ3) is 57.8. The van der Waals surface area contributed by atoms with Crippen molar-refractivity contribution >= 4 is 11.9 Å². The van der Waals surface area contributed by atoms with Crippen LogP contribution in [0.25, 0.3) is 0 Å². The third-order valence-electron chi connectivity index (χ3n) is 11.5. The molecule has 0 spiro atoms. The molecule has 5 nitrogen and oxygen atoms in total. The molecule has 0 aliphatic heterocycles. The lowest BCUT2D eigenvalue weighted by molar-refractivity contribution is -0.161. The number of unbranched alkanes of at least 4 members (excludes halogenated alkanes) is 14. The van der Waals surface area contributed by atoms with Gasteiger partial charge in [-0.2, -0.15) is 0 Å². The highest BCUT2D eigenvalue weighted by atomic mass is 16.6. The van der Waals surface area contributed by atoms with Gasteiger partial charge in [-0.25, -0.2) is 0 Å². The molecule has 5 heteroatoms. The van der Waals surface area contributed by atoms with E-state index < -0.39 is 6.10 Å². The molecule has 0 saturated carbocycles. The Bertz CT molecular complexity index is 1640. The lowest BCUT2D eigenvalue weighted by atomic mass is 10.1. The smallest absolute Gasteiger partial charge is 0.306 e. The number of aliphatic hydroxyl groups is 1. The van der Waals surface area contributed by atoms with Gasteiger partial charge in [0.25, 0.3) is 0 Å². The van der Waals surface area contributed by atoms with E-state index in [9.17, 15) is 14.7 Å². The predicted octanol–water partition coefficient (Wildman–Crippen LogP) is 19.7. The Labute approximate surface area is 443 Å². The number of carbonyl (C=O) groups is 2. The van der Waals surface area contributed by atoms with Crippen LogP contribution in [-0.4, -0.2) is 36.4 Å². The van der Waals surface area contributed by atoms with Gasteiger partial charge in [0.2, 0.25) is 0 Å². The molecular formula is C67H104O5. The maximum Gasteiger partial charge on any atom is 0.306 e. The van der Waals surface area contributed by atoms with Crippen LogP contribution in [-0.2, 0) is 19.1 Å². The van der Waals surface area contributed by atoms with Crippen LogP contribution < -0.4 is 0 Å². The van der Waals surface area contributed by atoms with Gasteiger partial charge in [-0.05, 0) is 128 Å². The molecule has 1 atom stereocenters. The lowest BCUT2D eigenvalue weighted by Gasteiger charge is -2.15. The molecule has 0 aromatic rings. The molecule has 402 valence electrons. The quantitative estimate of drug-likeness (QED) is 0.0373. The van der Waals surface area contributed by atoms with Crippen LogP contribution in [0.3, 0.4) is 0 Å². The Morgan fingerprint density at radius 1 is 0.319 bits per heavy atom. The summed E-state index contributed by atoms with van der Waals surface area (Å²) in [4.78, 5) is 24.5. The van der Waals surface area contributed by atoms with Gasteiger partial charge in [0.05, 0.1) is 6.61 Å². The highest BCUT2D eigenvalue weighted by molar-refractivity contribution is 5.70. The Balaban J connectivity index is 3.64. The van der Waals surface area contributed by atoms with Crippen LogP contribution in [0.1, 0.15) is 219 Å². The first-order valence-corrected chi connectivity index (χ1v) is 28.7. The van der Waals surface area contributed by atoms with Gasteiger partial charge < -0.3 is 14.6 Å². The van der Waals surface area contributed by atoms with Crippen LogP contribution in [0.5, 0.6) is 0 Å². The molecule has 0 aromatic carbocycles. The average Bonchev–Trinajstić information content (AvgIpc) is 3.38. The van der Waals surface area contributed by atoms with Gasteiger partial charge in [-0.3, -0.25) is 9.59 Å². The highest BCUT2D eigenvalue weighted by Gasteiger charge is 2.16. The van der Waals surface area contributed by atoms with Crippen molar-refractivity contribution in [2.24, 2.45) is 0 Å². The summed E-state index contributed by atoms with van der Waals surface area (Å²) in [6.45, 7) is 3.88. The molecule has 0 saturated heterocycles. The molecule has 0 aliphatic rings. The van der Waals surface area contributed by atoms with Crippen molar-refractivity contribution in [2.75, 3.05) is 13.2 Å². The molecule has 0 aromatic heterocycles. The van der Waals surface area contributed by atoms with E-state index in [0.717, 1.165) is 141 Å². The second kappa shape index (κ2) is 60.6. The molecule has 72 heavy (non-hydrogen) atoms. The zero-order chi connectivity index (χ0) is 52.0. The molecule has 0 radical (unpaired) electrons. The van der Waals surface area contributed by atoms with Crippen molar-refractivity contribution in [3.05, 3.63) is 170 Å². The van der Waals surface area contributed by atoms with E-state index in [4.69, 9.17) is 9.47 Å². The number of ether oxygens (including phenoxy) is 2. The first-order valence-electron chi connectivity index (χ1n) is 28.7. The number of rotatable bonds is 50. The summed E-state index contributed by atoms with van der Waals surface area (Å²) in [5.74, 6) is -0.638. The van der Waals surface area contributed by atoms with Crippen molar-refractivity contribution in [1.82, 2.24) is 0 Å². The summed E-state index contributed by atoms with van der Waals surface area (Å²) in [6.07, 6.45) is 94.5. The van der Waals surface area contributed by atoms with Gasteiger partial charge in [0.1, 0.15) is 6.61 Å². The Hall–Kier alpha value is -4.74. The fourth-order valence-corrected chi connectivity index (χ4v) is 7.28. The number of esters is 2. The van der Waals surface area contributed by atoms with Crippen LogP contribution in [0.2, 0.25) is 0 Å². The van der Waals surface area contributed by atoms with E-state index in [1.165, 1.54) is 51.4 Å². The summed E-state index contributed by atoms with van der Waals surface area (Å²) < 4.78 is 10.7. The number of hydrogen-bond donors (Lipinski definition) is 1. The fourth-order valence-electron chi connectivity index (χ4n) is 7.28. The predicted molar refractivity (Wildman–Crippen MR) is 315 cm³/mol. The van der Waals surface area contributed by atoms with Crippen LogP contribution in [0.15, 0.2) is 170 Å². The zero-order valence-corrected chi connectivity index (χ0v) is 45.9. The van der Waals surface area contributed by atoms with Crippen molar-refractivity contribution < 1.29 is 24.2 Å². The Kier molecular flexibility index (Phi) is 56.6. The van der Waals surface area contributed by atoms with Crippen LogP contribution in [0.4, 0.5) is 0 Å². The first kappa shape index (κ1) is 67.3. The number of hydrogen-bond acceptors (Lipinski definition) is 5. The van der Waals surface area contributed by atoms with E-state index in [-0.39, 0.29) is 25.2 Å². The first-order chi connectivity index (χ1) is 35.6. The average molecular weight is 990 g/mol. The lowest BCUT2D eigenvalue weighted by Crippen LogP contribution is -2.28. The van der Waals surface area contributed by atoms with Gasteiger partial charge in [0, 0.05) is 12.8 Å². The standard InChI is InChI=1S/C67H104O5/c1-3-5-7-9-11-13-15-17-19-21-23-25-27-29-31-33-35-37-39-41-43-45-47-49-51-53-55-57-59-61-66(69)71-64-65(63-68)72-67(70)62-60-58-56-54-52-50-48-46-44-42-40-38-36-34-32-30-28-26-24-22-20-18-16-14-12-10-8-6-4-2/h5-8,11-14,17-20,23-26,29-32,35-38,42,44,48,50,65,68H,3-4,9-10,15-16,21-22,27-28,33-34,39-41,43,45-47,49,51-64H2,1-2H3/b7-5-,8-6-,13-11-,14-12-,19-17-,20-18-,25-23-,26-24-,31-29-,32-30-,37-35-,38-36-,44-42-,50-48-. The fraction of sp³-hybridized carbons (Fsp3) is 0.552. The topological polar surface area (TPSA) is 72.8 Å². The minimum Gasteiger partial charge on any atom is -0.462 e. The highest BCUT2D eigenvalue weighted by Crippen LogP contribution is 2.14. The Morgan fingerprint density at radius 2 is 0.556 bits per heavy atom. The molecule has 0 fully saturated rings. The minimum absolute atomic E-state index is 0.0908. The van der Waals surface area contributed by atoms with Crippen molar-refractivity contribution in [1.29, 1.82) is 0 Å². The van der Waals surface area contributed by atoms with Crippen molar-refractivity contribution in [3.63, 3.8) is 0 Å². The molecule has 0 rings (SSSR count). The second-order valence-corrected chi connectivity index (χ2v) is 18.2. The SMILES string of the molecule is CC/C=C\C/C=C\C/C=C\C/C=C\C/C=C\C/C=C\C/C=C\C/C=C\CCCCCCC(=O)OC(CO)COC(=O)CCCCCCCCCCCC/C=C\C/C=C\C/C=C\C/C=C\C/C=C\C/C=C\CC. The number of allylic oxidation sites excluding steroid dienone is 28. The minimum atomic E-state index is -0.803. The monoisotopic (exact) mass is 989 g/mol. The van der Waals surface area contributed by atoms with Crippen molar-refractivity contribution in [2.45, 2.75) is 225 Å². The van der Waals surface area contributed by atoms with Gasteiger partial charge in [0.15, 0.2) is 6.10 Å². The largest absolute Gasteiger partial charge is 0.462 e.